The molecule has 0 saturated carbocycles. The van der Waals surface area contributed by atoms with Gasteiger partial charge in [0.15, 0.2) is 0 Å². The number of thiophene rings is 1. The minimum Gasteiger partial charge on any atom is -0.490 e. The van der Waals surface area contributed by atoms with Crippen molar-refractivity contribution in [3.63, 3.8) is 0 Å². The molecule has 0 saturated heterocycles. The Morgan fingerprint density at radius 1 is 1.38 bits per heavy atom. The molecule has 1 N–H and O–H groups in total. The number of carbonyl (C=O) groups excluding carboxylic acids is 2. The van der Waals surface area contributed by atoms with Crippen LogP contribution in [-0.4, -0.2) is 25.0 Å². The number of amides is 2. The number of nitrogens with one attached hydrogen (secondary N) is 1. The van der Waals surface area contributed by atoms with Crippen LogP contribution < -0.4 is 15.0 Å². The van der Waals surface area contributed by atoms with Crippen molar-refractivity contribution in [3.05, 3.63) is 46.7 Å². The maximum atomic E-state index is 12.7. The molecular weight excluding hydrogens is 348 g/mol. The highest BCUT2D eigenvalue weighted by Crippen LogP contribution is 2.38. The summed E-state index contributed by atoms with van der Waals surface area (Å²) in [7, 11) is 0. The Balaban J connectivity index is 1.79. The van der Waals surface area contributed by atoms with Crippen molar-refractivity contribution in [2.75, 3.05) is 23.4 Å². The van der Waals surface area contributed by atoms with Crippen LogP contribution in [0.25, 0.3) is 6.08 Å². The molecule has 3 rings (SSSR count). The molecule has 2 heterocycles. The lowest BCUT2D eigenvalue weighted by molar-refractivity contribution is -0.127. The first-order chi connectivity index (χ1) is 12.4. The van der Waals surface area contributed by atoms with E-state index in [0.29, 0.717) is 24.6 Å². The molecule has 2 aromatic rings. The average molecular weight is 370 g/mol. The smallest absolute Gasteiger partial charge is 0.248 e. The molecule has 0 bridgehead atoms. The molecule has 0 unspecified atom stereocenters. The molecular formula is C20H22N2O3S. The van der Waals surface area contributed by atoms with Crippen molar-refractivity contribution in [2.45, 2.75) is 20.8 Å². The van der Waals surface area contributed by atoms with Gasteiger partial charge in [-0.2, -0.15) is 0 Å². The van der Waals surface area contributed by atoms with Crippen LogP contribution in [0.4, 0.5) is 11.4 Å². The van der Waals surface area contributed by atoms with E-state index >= 15 is 0 Å². The summed E-state index contributed by atoms with van der Waals surface area (Å²) < 4.78 is 5.88. The Morgan fingerprint density at radius 3 is 2.88 bits per heavy atom. The molecule has 1 aromatic heterocycles. The van der Waals surface area contributed by atoms with Crippen LogP contribution in [0.2, 0.25) is 0 Å². The Labute approximate surface area is 157 Å². The predicted molar refractivity (Wildman–Crippen MR) is 106 cm³/mol. The summed E-state index contributed by atoms with van der Waals surface area (Å²) in [4.78, 5) is 27.6. The molecule has 1 aliphatic heterocycles. The molecule has 0 spiro atoms. The van der Waals surface area contributed by atoms with Gasteiger partial charge in [-0.05, 0) is 50.4 Å². The fourth-order valence-electron chi connectivity index (χ4n) is 2.77. The summed E-state index contributed by atoms with van der Waals surface area (Å²) in [5.74, 6) is 0.427. The molecule has 1 aromatic carbocycles. The number of carbonyl (C=O) groups is 2. The normalized spacial score (nSPS) is 16.1. The van der Waals surface area contributed by atoms with E-state index in [0.717, 1.165) is 10.6 Å². The van der Waals surface area contributed by atoms with Crippen molar-refractivity contribution in [1.29, 1.82) is 0 Å². The van der Waals surface area contributed by atoms with Crippen molar-refractivity contribution in [1.82, 2.24) is 0 Å². The molecule has 0 aliphatic carbocycles. The number of fused-ring (bicyclic) bond motifs is 1. The van der Waals surface area contributed by atoms with E-state index in [1.807, 2.05) is 44.4 Å². The van der Waals surface area contributed by atoms with Crippen molar-refractivity contribution >= 4 is 40.6 Å². The van der Waals surface area contributed by atoms with E-state index in [1.54, 1.807) is 34.4 Å². The summed E-state index contributed by atoms with van der Waals surface area (Å²) >= 11 is 1.57. The first-order valence-electron chi connectivity index (χ1n) is 8.52. The number of hydrogen-bond acceptors (Lipinski definition) is 4. The third-order valence-corrected chi connectivity index (χ3v) is 5.03. The van der Waals surface area contributed by atoms with Gasteiger partial charge in [0.1, 0.15) is 12.4 Å². The third kappa shape index (κ3) is 3.80. The minimum absolute atomic E-state index is 0.0365. The maximum Gasteiger partial charge on any atom is 0.248 e. The number of benzene rings is 1. The number of nitrogens with zero attached hydrogens (tertiary/aromatic N) is 1. The van der Waals surface area contributed by atoms with Gasteiger partial charge >= 0.3 is 0 Å². The standard InChI is InChI=1S/C20H22N2O3S/c1-4-22-16-9-7-14(12-17(16)25-13-20(2,3)19(22)24)21-18(23)10-8-15-6-5-11-26-15/h5-12H,4,13H2,1-3H3,(H,21,23)/b10-8+. The van der Waals surface area contributed by atoms with Gasteiger partial charge in [0.05, 0.1) is 11.1 Å². The predicted octanol–water partition coefficient (Wildman–Crippen LogP) is 4.17. The molecule has 136 valence electrons. The zero-order chi connectivity index (χ0) is 18.7. The lowest BCUT2D eigenvalue weighted by Crippen LogP contribution is -2.42. The summed E-state index contributed by atoms with van der Waals surface area (Å²) in [6, 6.07) is 9.25. The molecule has 6 heteroatoms. The van der Waals surface area contributed by atoms with Gasteiger partial charge < -0.3 is 15.0 Å². The second-order valence-electron chi connectivity index (χ2n) is 6.74. The van der Waals surface area contributed by atoms with Crippen LogP contribution in [0.3, 0.4) is 0 Å². The van der Waals surface area contributed by atoms with Crippen molar-refractivity contribution in [3.8, 4) is 5.75 Å². The minimum atomic E-state index is -0.595. The van der Waals surface area contributed by atoms with Crippen LogP contribution in [-0.2, 0) is 9.59 Å². The van der Waals surface area contributed by atoms with Crippen LogP contribution in [0, 0.1) is 5.41 Å². The van der Waals surface area contributed by atoms with Crippen molar-refractivity contribution < 1.29 is 14.3 Å². The van der Waals surface area contributed by atoms with E-state index in [9.17, 15) is 9.59 Å². The Hall–Kier alpha value is -2.60. The van der Waals surface area contributed by atoms with Crippen LogP contribution >= 0.6 is 11.3 Å². The fraction of sp³-hybridized carbons (Fsp3) is 0.300. The first-order valence-corrected chi connectivity index (χ1v) is 9.40. The Morgan fingerprint density at radius 2 is 2.19 bits per heavy atom. The summed E-state index contributed by atoms with van der Waals surface area (Å²) in [6.45, 7) is 6.55. The van der Waals surface area contributed by atoms with Gasteiger partial charge in [-0.15, -0.1) is 11.3 Å². The van der Waals surface area contributed by atoms with E-state index in [4.69, 9.17) is 4.74 Å². The van der Waals surface area contributed by atoms with Crippen LogP contribution in [0.1, 0.15) is 25.6 Å². The summed E-state index contributed by atoms with van der Waals surface area (Å²) in [5, 5.41) is 4.80. The van der Waals surface area contributed by atoms with E-state index in [1.165, 1.54) is 6.08 Å². The lowest BCUT2D eigenvalue weighted by Gasteiger charge is -2.26. The highest BCUT2D eigenvalue weighted by Gasteiger charge is 2.37. The molecule has 2 amide bonds. The molecule has 0 atom stereocenters. The second-order valence-corrected chi connectivity index (χ2v) is 7.72. The van der Waals surface area contributed by atoms with E-state index in [2.05, 4.69) is 5.32 Å². The molecule has 0 radical (unpaired) electrons. The average Bonchev–Trinajstić information content (AvgIpc) is 3.10. The molecule has 0 fully saturated rings. The van der Waals surface area contributed by atoms with Gasteiger partial charge in [0.2, 0.25) is 11.8 Å². The van der Waals surface area contributed by atoms with Crippen LogP contribution in [0.5, 0.6) is 5.75 Å². The van der Waals surface area contributed by atoms with Gasteiger partial charge in [0.25, 0.3) is 0 Å². The zero-order valence-corrected chi connectivity index (χ0v) is 15.9. The summed E-state index contributed by atoms with van der Waals surface area (Å²) in [6.07, 6.45) is 3.28. The monoisotopic (exact) mass is 370 g/mol. The second kappa shape index (κ2) is 7.33. The molecule has 26 heavy (non-hydrogen) atoms. The lowest BCUT2D eigenvalue weighted by atomic mass is 9.93. The number of hydrogen-bond donors (Lipinski definition) is 1. The van der Waals surface area contributed by atoms with E-state index in [-0.39, 0.29) is 11.8 Å². The summed E-state index contributed by atoms with van der Waals surface area (Å²) in [5.41, 5.74) is 0.769. The van der Waals surface area contributed by atoms with Gasteiger partial charge in [0, 0.05) is 29.3 Å². The largest absolute Gasteiger partial charge is 0.490 e. The number of anilines is 2. The third-order valence-electron chi connectivity index (χ3n) is 4.19. The van der Waals surface area contributed by atoms with Gasteiger partial charge in [-0.1, -0.05) is 6.07 Å². The molecule has 1 aliphatic rings. The zero-order valence-electron chi connectivity index (χ0n) is 15.1. The highest BCUT2D eigenvalue weighted by molar-refractivity contribution is 7.10. The maximum absolute atomic E-state index is 12.7. The highest BCUT2D eigenvalue weighted by atomic mass is 32.1. The first kappa shape index (κ1) is 18.2. The fourth-order valence-corrected chi connectivity index (χ4v) is 3.38. The molecule has 5 nitrogen and oxygen atoms in total. The van der Waals surface area contributed by atoms with Crippen molar-refractivity contribution in [2.24, 2.45) is 5.41 Å². The van der Waals surface area contributed by atoms with Crippen LogP contribution in [0.15, 0.2) is 41.8 Å². The number of ether oxygens (including phenoxy) is 1. The topological polar surface area (TPSA) is 58.6 Å². The van der Waals surface area contributed by atoms with Gasteiger partial charge in [-0.25, -0.2) is 0 Å². The Bertz CT molecular complexity index is 841. The van der Waals surface area contributed by atoms with Gasteiger partial charge in [-0.3, -0.25) is 9.59 Å². The SMILES string of the molecule is CCN1C(=O)C(C)(C)COc2cc(NC(=O)/C=C/c3cccs3)ccc21. The van der Waals surface area contributed by atoms with E-state index < -0.39 is 5.41 Å². The number of rotatable bonds is 4. The Kier molecular flexibility index (Phi) is 5.13. The quantitative estimate of drug-likeness (QED) is 0.822.